The summed E-state index contributed by atoms with van der Waals surface area (Å²) in [6.07, 6.45) is 0.191. The Morgan fingerprint density at radius 2 is 2.41 bits per heavy atom. The second-order valence-electron chi connectivity index (χ2n) is 3.98. The maximum absolute atomic E-state index is 11.7. The first-order valence-corrected chi connectivity index (χ1v) is 6.37. The number of carbonyl (C=O) groups excluding carboxylic acids is 2. The Hall–Kier alpha value is -1.40. The Bertz CT molecular complexity index is 405. The molecule has 1 saturated heterocycles. The minimum Gasteiger partial charge on any atom is -0.391 e. The third kappa shape index (κ3) is 3.04. The van der Waals surface area contributed by atoms with Crippen LogP contribution < -0.4 is 5.32 Å². The van der Waals surface area contributed by atoms with Gasteiger partial charge < -0.3 is 15.3 Å². The van der Waals surface area contributed by atoms with Gasteiger partial charge in [0, 0.05) is 24.0 Å². The molecule has 5 nitrogen and oxygen atoms in total. The van der Waals surface area contributed by atoms with E-state index >= 15 is 0 Å². The lowest BCUT2D eigenvalue weighted by atomic mass is 10.3. The molecular weight excluding hydrogens is 240 g/mol. The molecule has 0 saturated carbocycles. The summed E-state index contributed by atoms with van der Waals surface area (Å²) in [6.45, 7) is 0.920. The largest absolute Gasteiger partial charge is 0.391 e. The summed E-state index contributed by atoms with van der Waals surface area (Å²) in [5.41, 5.74) is 0.573. The number of carbonyl (C=O) groups is 2. The Morgan fingerprint density at radius 3 is 3.00 bits per heavy atom. The van der Waals surface area contributed by atoms with Crippen LogP contribution in [0.15, 0.2) is 16.8 Å². The molecule has 2 N–H and O–H groups in total. The third-order valence-electron chi connectivity index (χ3n) is 2.70. The first-order chi connectivity index (χ1) is 8.16. The fourth-order valence-electron chi connectivity index (χ4n) is 1.73. The fourth-order valence-corrected chi connectivity index (χ4v) is 2.37. The van der Waals surface area contributed by atoms with Crippen molar-refractivity contribution in [1.29, 1.82) is 0 Å². The van der Waals surface area contributed by atoms with Gasteiger partial charge in [-0.15, -0.1) is 0 Å². The number of amides is 2. The average molecular weight is 254 g/mol. The van der Waals surface area contributed by atoms with E-state index in [-0.39, 0.29) is 18.4 Å². The molecule has 1 aromatic heterocycles. The van der Waals surface area contributed by atoms with E-state index in [2.05, 4.69) is 5.32 Å². The Balaban J connectivity index is 1.78. The van der Waals surface area contributed by atoms with Crippen molar-refractivity contribution < 1.29 is 14.7 Å². The standard InChI is InChI=1S/C11H14N2O3S/c14-9-1-3-13(6-9)10(15)5-12-11(16)8-2-4-17-7-8/h2,4,7,9,14H,1,3,5-6H2,(H,12,16)/t9-/m1/s1. The van der Waals surface area contributed by atoms with Gasteiger partial charge in [0.05, 0.1) is 12.6 Å². The van der Waals surface area contributed by atoms with Crippen molar-refractivity contribution in [3.8, 4) is 0 Å². The Labute approximate surface area is 103 Å². The van der Waals surface area contributed by atoms with Gasteiger partial charge in [0.2, 0.25) is 5.91 Å². The first-order valence-electron chi connectivity index (χ1n) is 5.43. The molecule has 1 fully saturated rings. The van der Waals surface area contributed by atoms with Gasteiger partial charge >= 0.3 is 0 Å². The molecular formula is C11H14N2O3S. The zero-order valence-corrected chi connectivity index (χ0v) is 10.1. The highest BCUT2D eigenvalue weighted by molar-refractivity contribution is 7.08. The molecule has 0 aliphatic carbocycles. The predicted octanol–water partition coefficient (Wildman–Crippen LogP) is 0.0711. The number of thiophene rings is 1. The van der Waals surface area contributed by atoms with Crippen molar-refractivity contribution >= 4 is 23.2 Å². The van der Waals surface area contributed by atoms with Gasteiger partial charge in [-0.2, -0.15) is 11.3 Å². The second kappa shape index (κ2) is 5.29. The molecule has 1 aliphatic heterocycles. The molecule has 1 aromatic rings. The zero-order chi connectivity index (χ0) is 12.3. The molecule has 92 valence electrons. The molecule has 1 atom stereocenters. The summed E-state index contributed by atoms with van der Waals surface area (Å²) < 4.78 is 0. The van der Waals surface area contributed by atoms with Crippen LogP contribution in [-0.4, -0.2) is 47.6 Å². The van der Waals surface area contributed by atoms with Crippen molar-refractivity contribution in [2.45, 2.75) is 12.5 Å². The van der Waals surface area contributed by atoms with E-state index in [1.54, 1.807) is 16.3 Å². The highest BCUT2D eigenvalue weighted by Crippen LogP contribution is 2.08. The molecule has 0 aromatic carbocycles. The van der Waals surface area contributed by atoms with Gasteiger partial charge in [-0.05, 0) is 17.9 Å². The van der Waals surface area contributed by atoms with E-state index in [4.69, 9.17) is 0 Å². The minimum atomic E-state index is -0.425. The normalized spacial score (nSPS) is 19.4. The topological polar surface area (TPSA) is 69.6 Å². The second-order valence-corrected chi connectivity index (χ2v) is 4.76. The molecule has 1 aliphatic rings. The molecule has 0 spiro atoms. The molecule has 2 heterocycles. The number of aliphatic hydroxyl groups excluding tert-OH is 1. The van der Waals surface area contributed by atoms with Crippen molar-refractivity contribution in [1.82, 2.24) is 10.2 Å². The van der Waals surface area contributed by atoms with Crippen molar-refractivity contribution in [3.05, 3.63) is 22.4 Å². The van der Waals surface area contributed by atoms with Crippen LogP contribution in [0.2, 0.25) is 0 Å². The van der Waals surface area contributed by atoms with Crippen LogP contribution in [0.1, 0.15) is 16.8 Å². The summed E-state index contributed by atoms with van der Waals surface area (Å²) in [5, 5.41) is 15.4. The van der Waals surface area contributed by atoms with Gasteiger partial charge in [0.1, 0.15) is 0 Å². The summed E-state index contributed by atoms with van der Waals surface area (Å²) in [4.78, 5) is 24.8. The summed E-state index contributed by atoms with van der Waals surface area (Å²) >= 11 is 1.44. The monoisotopic (exact) mass is 254 g/mol. The highest BCUT2D eigenvalue weighted by Gasteiger charge is 2.24. The lowest BCUT2D eigenvalue weighted by molar-refractivity contribution is -0.129. The van der Waals surface area contributed by atoms with Gasteiger partial charge in [-0.1, -0.05) is 0 Å². The van der Waals surface area contributed by atoms with Crippen LogP contribution in [0.5, 0.6) is 0 Å². The number of nitrogens with one attached hydrogen (secondary N) is 1. The Morgan fingerprint density at radius 1 is 1.59 bits per heavy atom. The molecule has 0 radical (unpaired) electrons. The predicted molar refractivity (Wildman–Crippen MR) is 63.9 cm³/mol. The number of rotatable bonds is 3. The smallest absolute Gasteiger partial charge is 0.252 e. The molecule has 0 unspecified atom stereocenters. The minimum absolute atomic E-state index is 0.0125. The van der Waals surface area contributed by atoms with Gasteiger partial charge in [-0.3, -0.25) is 9.59 Å². The van der Waals surface area contributed by atoms with E-state index in [1.807, 2.05) is 5.38 Å². The number of aliphatic hydroxyl groups is 1. The SMILES string of the molecule is O=C(NCC(=O)N1CC[C@@H](O)C1)c1ccsc1. The number of hydrogen-bond acceptors (Lipinski definition) is 4. The molecule has 17 heavy (non-hydrogen) atoms. The van der Waals surface area contributed by atoms with Crippen molar-refractivity contribution in [2.75, 3.05) is 19.6 Å². The summed E-state index contributed by atoms with van der Waals surface area (Å²) in [7, 11) is 0. The highest BCUT2D eigenvalue weighted by atomic mass is 32.1. The van der Waals surface area contributed by atoms with Gasteiger partial charge in [-0.25, -0.2) is 0 Å². The van der Waals surface area contributed by atoms with Crippen LogP contribution in [0.25, 0.3) is 0 Å². The van der Waals surface area contributed by atoms with Gasteiger partial charge in [0.15, 0.2) is 0 Å². The van der Waals surface area contributed by atoms with E-state index in [0.717, 1.165) is 0 Å². The first kappa shape index (κ1) is 12.1. The number of β-amino-alcohol motifs (C(OH)–C–C–N with tert-alkyl or cyclic N) is 1. The van der Waals surface area contributed by atoms with Crippen molar-refractivity contribution in [2.24, 2.45) is 0 Å². The van der Waals surface area contributed by atoms with E-state index in [0.29, 0.717) is 25.1 Å². The summed E-state index contributed by atoms with van der Waals surface area (Å²) in [6, 6.07) is 1.71. The van der Waals surface area contributed by atoms with Crippen LogP contribution in [0, 0.1) is 0 Å². The van der Waals surface area contributed by atoms with E-state index in [1.165, 1.54) is 11.3 Å². The lowest BCUT2D eigenvalue weighted by Gasteiger charge is -2.15. The zero-order valence-electron chi connectivity index (χ0n) is 9.26. The molecule has 2 amide bonds. The lowest BCUT2D eigenvalue weighted by Crippen LogP contribution is -2.39. The number of nitrogens with zero attached hydrogens (tertiary/aromatic N) is 1. The summed E-state index contributed by atoms with van der Waals surface area (Å²) in [5.74, 6) is -0.385. The van der Waals surface area contributed by atoms with Crippen LogP contribution >= 0.6 is 11.3 Å². The number of likely N-dealkylation sites (tertiary alicyclic amines) is 1. The maximum atomic E-state index is 11.7. The third-order valence-corrected chi connectivity index (χ3v) is 3.38. The van der Waals surface area contributed by atoms with E-state index in [9.17, 15) is 14.7 Å². The van der Waals surface area contributed by atoms with Crippen molar-refractivity contribution in [3.63, 3.8) is 0 Å². The number of hydrogen-bond donors (Lipinski definition) is 2. The van der Waals surface area contributed by atoms with Gasteiger partial charge in [0.25, 0.3) is 5.91 Å². The van der Waals surface area contributed by atoms with Crippen LogP contribution in [-0.2, 0) is 4.79 Å². The van der Waals surface area contributed by atoms with E-state index < -0.39 is 6.10 Å². The fraction of sp³-hybridized carbons (Fsp3) is 0.455. The maximum Gasteiger partial charge on any atom is 0.252 e. The molecule has 0 bridgehead atoms. The van der Waals surface area contributed by atoms with Crippen LogP contribution in [0.3, 0.4) is 0 Å². The quantitative estimate of drug-likeness (QED) is 0.802. The molecule has 6 heteroatoms. The average Bonchev–Trinajstić information content (AvgIpc) is 2.95. The van der Waals surface area contributed by atoms with Crippen LogP contribution in [0.4, 0.5) is 0 Å². The molecule has 2 rings (SSSR count). The Kier molecular flexibility index (Phi) is 3.75.